The first-order valence-corrected chi connectivity index (χ1v) is 2.19. The Balaban J connectivity index is 2.16. The van der Waals surface area contributed by atoms with Crippen molar-refractivity contribution >= 4 is 0 Å². The van der Waals surface area contributed by atoms with Crippen LogP contribution in [-0.2, 0) is 0 Å². The molecule has 1 fully saturated rings. The number of nitrogens with one attached hydrogen (secondary N) is 1. The molecule has 0 aromatic rings. The maximum absolute atomic E-state index is 5.17. The number of rotatable bonds is 1. The molecule has 1 heterocycles. The van der Waals surface area contributed by atoms with E-state index in [1.165, 1.54) is 0 Å². The Bertz CT molecular complexity index is 55.0. The lowest BCUT2D eigenvalue weighted by Crippen LogP contribution is -2.40. The molecule has 1 aliphatic heterocycles. The Hall–Kier alpha value is -0.300. The van der Waals surface area contributed by atoms with E-state index in [0.717, 1.165) is 13.1 Å². The summed E-state index contributed by atoms with van der Waals surface area (Å²) in [4.78, 5) is 0. The van der Waals surface area contributed by atoms with Gasteiger partial charge in [-0.1, -0.05) is 12.7 Å². The van der Waals surface area contributed by atoms with Gasteiger partial charge >= 0.3 is 0 Å². The summed E-state index contributed by atoms with van der Waals surface area (Å²) in [7, 11) is 0. The number of hydrogen-bond acceptors (Lipinski definition) is 1. The zero-order valence-electron chi connectivity index (χ0n) is 3.65. The van der Waals surface area contributed by atoms with Crippen LogP contribution in [0.3, 0.4) is 0 Å². The van der Waals surface area contributed by atoms with E-state index in [-0.39, 0.29) is 0 Å². The lowest BCUT2D eigenvalue weighted by atomic mass is 10.1. The molecule has 1 heteroatoms. The molecular weight excluding hydrogens is 74.1 g/mol. The Morgan fingerprint density at radius 2 is 2.33 bits per heavy atom. The smallest absolute Gasteiger partial charge is 0.00267 e. The first-order valence-electron chi connectivity index (χ1n) is 2.19. The maximum Gasteiger partial charge on any atom is 0.00267 e. The molecule has 0 saturated carbocycles. The highest BCUT2D eigenvalue weighted by Crippen LogP contribution is 2.00. The van der Waals surface area contributed by atoms with Crippen molar-refractivity contribution < 1.29 is 0 Å². The van der Waals surface area contributed by atoms with Gasteiger partial charge in [-0.25, -0.2) is 0 Å². The van der Waals surface area contributed by atoms with Gasteiger partial charge in [0.25, 0.3) is 0 Å². The standard InChI is InChI=1S/C5H8N/c1-2-5-3-6-4-5/h1-2,5-6H,3-4H2. The van der Waals surface area contributed by atoms with Crippen LogP contribution in [0, 0.1) is 12.5 Å². The molecule has 0 aromatic carbocycles. The second-order valence-corrected chi connectivity index (χ2v) is 1.61. The quantitative estimate of drug-likeness (QED) is 0.476. The van der Waals surface area contributed by atoms with E-state index in [9.17, 15) is 0 Å². The Morgan fingerprint density at radius 1 is 1.67 bits per heavy atom. The van der Waals surface area contributed by atoms with Crippen LogP contribution in [0.4, 0.5) is 0 Å². The predicted molar refractivity (Wildman–Crippen MR) is 25.2 cm³/mol. The first kappa shape index (κ1) is 3.88. The van der Waals surface area contributed by atoms with Crippen molar-refractivity contribution in [3.8, 4) is 0 Å². The minimum absolute atomic E-state index is 0.657. The van der Waals surface area contributed by atoms with Gasteiger partial charge < -0.3 is 5.32 Å². The fraction of sp³-hybridized carbons (Fsp3) is 0.600. The van der Waals surface area contributed by atoms with Crippen LogP contribution in [0.1, 0.15) is 0 Å². The Labute approximate surface area is 38.1 Å². The van der Waals surface area contributed by atoms with Crippen molar-refractivity contribution in [2.45, 2.75) is 0 Å². The van der Waals surface area contributed by atoms with E-state index in [1.807, 2.05) is 0 Å². The summed E-state index contributed by atoms with van der Waals surface area (Å²) in [5, 5.41) is 3.10. The summed E-state index contributed by atoms with van der Waals surface area (Å²) < 4.78 is 0. The highest BCUT2D eigenvalue weighted by Gasteiger charge is 2.10. The minimum atomic E-state index is 0.657. The topological polar surface area (TPSA) is 12.0 Å². The van der Waals surface area contributed by atoms with Crippen LogP contribution >= 0.6 is 0 Å². The minimum Gasteiger partial charge on any atom is -0.315 e. The molecular formula is C5H8N. The number of hydrogen-bond donors (Lipinski definition) is 1. The van der Waals surface area contributed by atoms with Crippen molar-refractivity contribution in [1.29, 1.82) is 0 Å². The summed E-state index contributed by atoms with van der Waals surface area (Å²) in [5.41, 5.74) is 0. The van der Waals surface area contributed by atoms with Crippen LogP contribution in [0.15, 0.2) is 6.08 Å². The van der Waals surface area contributed by atoms with Crippen molar-refractivity contribution in [2.75, 3.05) is 13.1 Å². The van der Waals surface area contributed by atoms with Crippen molar-refractivity contribution in [3.63, 3.8) is 0 Å². The second kappa shape index (κ2) is 1.43. The zero-order chi connectivity index (χ0) is 4.41. The van der Waals surface area contributed by atoms with Crippen molar-refractivity contribution in [1.82, 2.24) is 5.32 Å². The molecule has 0 aliphatic carbocycles. The SMILES string of the molecule is [CH]=CC1CNC1. The molecule has 1 radical (unpaired) electrons. The molecule has 1 N–H and O–H groups in total. The van der Waals surface area contributed by atoms with Gasteiger partial charge in [0.15, 0.2) is 0 Å². The molecule has 0 aromatic heterocycles. The van der Waals surface area contributed by atoms with Gasteiger partial charge in [-0.3, -0.25) is 0 Å². The largest absolute Gasteiger partial charge is 0.315 e. The summed E-state index contributed by atoms with van der Waals surface area (Å²) in [6.07, 6.45) is 1.75. The third-order valence-electron chi connectivity index (χ3n) is 1.09. The molecule has 33 valence electrons. The monoisotopic (exact) mass is 82.1 g/mol. The van der Waals surface area contributed by atoms with E-state index in [0.29, 0.717) is 5.92 Å². The van der Waals surface area contributed by atoms with Crippen LogP contribution in [0.5, 0.6) is 0 Å². The summed E-state index contributed by atoms with van der Waals surface area (Å²) in [6.45, 7) is 7.33. The van der Waals surface area contributed by atoms with Crippen LogP contribution in [0.2, 0.25) is 0 Å². The van der Waals surface area contributed by atoms with Gasteiger partial charge in [0, 0.05) is 19.0 Å². The molecule has 6 heavy (non-hydrogen) atoms. The van der Waals surface area contributed by atoms with Crippen molar-refractivity contribution in [2.24, 2.45) is 5.92 Å². The normalized spacial score (nSPS) is 22.7. The maximum atomic E-state index is 5.17. The molecule has 1 rings (SSSR count). The molecule has 1 saturated heterocycles. The fourth-order valence-corrected chi connectivity index (χ4v) is 0.447. The van der Waals surface area contributed by atoms with E-state index < -0.39 is 0 Å². The van der Waals surface area contributed by atoms with E-state index >= 15 is 0 Å². The first-order chi connectivity index (χ1) is 2.93. The predicted octanol–water partition coefficient (Wildman–Crippen LogP) is 0.195. The Morgan fingerprint density at radius 3 is 2.33 bits per heavy atom. The van der Waals surface area contributed by atoms with Gasteiger partial charge in [0.2, 0.25) is 0 Å². The van der Waals surface area contributed by atoms with Crippen LogP contribution < -0.4 is 5.32 Å². The van der Waals surface area contributed by atoms with E-state index in [1.54, 1.807) is 6.08 Å². The van der Waals surface area contributed by atoms with Gasteiger partial charge in [-0.15, -0.1) is 0 Å². The Kier molecular flexibility index (Phi) is 0.926. The highest BCUT2D eigenvalue weighted by molar-refractivity contribution is 4.86. The lowest BCUT2D eigenvalue weighted by molar-refractivity contribution is 0.419. The zero-order valence-corrected chi connectivity index (χ0v) is 3.65. The summed E-state index contributed by atoms with van der Waals surface area (Å²) >= 11 is 0. The average molecular weight is 82.1 g/mol. The molecule has 0 bridgehead atoms. The van der Waals surface area contributed by atoms with E-state index in [2.05, 4.69) is 5.32 Å². The molecule has 1 nitrogen and oxygen atoms in total. The molecule has 0 unspecified atom stereocenters. The molecule has 0 spiro atoms. The summed E-state index contributed by atoms with van der Waals surface area (Å²) in [5.74, 6) is 0.657. The third kappa shape index (κ3) is 0.455. The van der Waals surface area contributed by atoms with Gasteiger partial charge in [0.05, 0.1) is 0 Å². The summed E-state index contributed by atoms with van der Waals surface area (Å²) in [6, 6.07) is 0. The second-order valence-electron chi connectivity index (χ2n) is 1.61. The molecule has 1 aliphatic rings. The van der Waals surface area contributed by atoms with Crippen LogP contribution in [0.25, 0.3) is 0 Å². The third-order valence-corrected chi connectivity index (χ3v) is 1.09. The fourth-order valence-electron chi connectivity index (χ4n) is 0.447. The highest BCUT2D eigenvalue weighted by atomic mass is 14.9. The van der Waals surface area contributed by atoms with Gasteiger partial charge in [-0.2, -0.15) is 0 Å². The van der Waals surface area contributed by atoms with Gasteiger partial charge in [0.1, 0.15) is 0 Å². The lowest BCUT2D eigenvalue weighted by Gasteiger charge is -2.22. The molecule has 0 atom stereocenters. The average Bonchev–Trinajstić information content (AvgIpc) is 1.31. The van der Waals surface area contributed by atoms with Crippen molar-refractivity contribution in [3.05, 3.63) is 12.7 Å². The van der Waals surface area contributed by atoms with E-state index in [4.69, 9.17) is 6.58 Å². The van der Waals surface area contributed by atoms with Crippen LogP contribution in [-0.4, -0.2) is 13.1 Å². The van der Waals surface area contributed by atoms with Gasteiger partial charge in [-0.05, 0) is 0 Å². The molecule has 0 amide bonds.